The molecule has 4 heterocycles. The maximum absolute atomic E-state index is 13.6. The van der Waals surface area contributed by atoms with Crippen molar-refractivity contribution in [2.24, 2.45) is 5.92 Å². The van der Waals surface area contributed by atoms with E-state index in [1.807, 2.05) is 54.3 Å². The summed E-state index contributed by atoms with van der Waals surface area (Å²) in [4.78, 5) is 54.0. The van der Waals surface area contributed by atoms with Gasteiger partial charge in [0.05, 0.1) is 29.1 Å². The van der Waals surface area contributed by atoms with Crippen LogP contribution in [-0.2, 0) is 24.2 Å². The highest BCUT2D eigenvalue weighted by Crippen LogP contribution is 2.30. The molecule has 4 rings (SSSR count). The number of rotatable bonds is 18. The molecule has 1 saturated heterocycles. The van der Waals surface area contributed by atoms with Crippen molar-refractivity contribution < 1.29 is 22.8 Å². The molecule has 1 aliphatic rings. The minimum atomic E-state index is -3.52. The zero-order valence-electron chi connectivity index (χ0n) is 26.8. The number of Topliss-reactive ketones (excluding diaryl/α,β-unsaturated/α-hetero) is 1. The van der Waals surface area contributed by atoms with Crippen LogP contribution in [0.3, 0.4) is 0 Å². The number of anilines is 1. The van der Waals surface area contributed by atoms with Crippen molar-refractivity contribution in [3.8, 4) is 11.4 Å². The summed E-state index contributed by atoms with van der Waals surface area (Å²) in [6.07, 6.45) is 8.95. The van der Waals surface area contributed by atoms with E-state index in [4.69, 9.17) is 0 Å². The molecule has 2 atom stereocenters. The van der Waals surface area contributed by atoms with Crippen molar-refractivity contribution in [2.45, 2.75) is 56.5 Å². The lowest BCUT2D eigenvalue weighted by molar-refractivity contribution is -0.129. The number of aromatic nitrogens is 3. The molecule has 3 aromatic heterocycles. The van der Waals surface area contributed by atoms with E-state index in [1.165, 1.54) is 0 Å². The van der Waals surface area contributed by atoms with Crippen LogP contribution in [0, 0.1) is 12.8 Å². The first kappa shape index (κ1) is 36.3. The quantitative estimate of drug-likeness (QED) is 0.145. The Balaban J connectivity index is 1.23. The monoisotopic (exact) mass is 698 g/mol. The topological polar surface area (TPSA) is 151 Å². The van der Waals surface area contributed by atoms with Gasteiger partial charge in [0.25, 0.3) is 0 Å². The van der Waals surface area contributed by atoms with Crippen LogP contribution >= 0.6 is 21.6 Å². The Bertz CT molecular complexity index is 1610. The molecular formula is C33H42N6O5S3. The second-order valence-electron chi connectivity index (χ2n) is 11.6. The third-order valence-corrected chi connectivity index (χ3v) is 10.9. The lowest BCUT2D eigenvalue weighted by atomic mass is 9.97. The summed E-state index contributed by atoms with van der Waals surface area (Å²) in [5.41, 5.74) is 3.34. The minimum Gasteiger partial charge on any atom is -0.361 e. The number of unbranched alkanes of at least 4 members (excludes halogenated alkanes) is 1. The van der Waals surface area contributed by atoms with E-state index >= 15 is 0 Å². The van der Waals surface area contributed by atoms with Gasteiger partial charge in [-0.15, -0.1) is 0 Å². The number of ketones is 1. The summed E-state index contributed by atoms with van der Waals surface area (Å²) in [5.74, 6) is -1.33. The smallest absolute Gasteiger partial charge is 0.224 e. The zero-order chi connectivity index (χ0) is 33.6. The normalized spacial score (nSPS) is 15.3. The molecule has 3 aromatic rings. The molecular weight excluding hydrogens is 657 g/mol. The molecule has 11 nitrogen and oxygen atoms in total. The number of hydrogen-bond acceptors (Lipinski definition) is 11. The fourth-order valence-corrected chi connectivity index (χ4v) is 8.17. The molecule has 2 amide bonds. The molecule has 0 aliphatic carbocycles. The Morgan fingerprint density at radius 2 is 1.77 bits per heavy atom. The highest BCUT2D eigenvalue weighted by Gasteiger charge is 2.35. The number of nitrogens with zero attached hydrogens (tertiary/aromatic N) is 4. The van der Waals surface area contributed by atoms with Crippen molar-refractivity contribution in [1.82, 2.24) is 25.6 Å². The molecule has 2 unspecified atom stereocenters. The predicted octanol–water partition coefficient (Wildman–Crippen LogP) is 4.28. The first-order chi connectivity index (χ1) is 22.6. The number of nitrogens with one attached hydrogen (secondary N) is 2. The third-order valence-electron chi connectivity index (χ3n) is 7.62. The van der Waals surface area contributed by atoms with Gasteiger partial charge < -0.3 is 15.5 Å². The minimum absolute atomic E-state index is 0.0575. The number of amides is 2. The van der Waals surface area contributed by atoms with Crippen LogP contribution < -0.4 is 15.5 Å². The van der Waals surface area contributed by atoms with Gasteiger partial charge in [-0.3, -0.25) is 24.4 Å². The third kappa shape index (κ3) is 12.2. The van der Waals surface area contributed by atoms with Gasteiger partial charge >= 0.3 is 0 Å². The van der Waals surface area contributed by atoms with Gasteiger partial charge in [0.2, 0.25) is 11.8 Å². The SMILES string of the molecule is Cc1ccnc(-c2cc(N3CCCC3C(=O)CC(CS(C)(=O)=O)C(=O)NCCCCC(=O)NCCSSc3ccccn3)ccn2)c1. The molecule has 2 N–H and O–H groups in total. The van der Waals surface area contributed by atoms with Crippen LogP contribution in [-0.4, -0.2) is 84.4 Å². The largest absolute Gasteiger partial charge is 0.361 e. The van der Waals surface area contributed by atoms with Crippen molar-refractivity contribution in [3.05, 3.63) is 66.6 Å². The Labute approximate surface area is 284 Å². The van der Waals surface area contributed by atoms with E-state index < -0.39 is 33.5 Å². The average molecular weight is 699 g/mol. The summed E-state index contributed by atoms with van der Waals surface area (Å²) in [7, 11) is -0.339. The molecule has 252 valence electrons. The number of carbonyl (C=O) groups excluding carboxylic acids is 3. The predicted molar refractivity (Wildman–Crippen MR) is 188 cm³/mol. The highest BCUT2D eigenvalue weighted by molar-refractivity contribution is 8.76. The number of aryl methyl sites for hydroxylation is 1. The molecule has 0 spiro atoms. The van der Waals surface area contributed by atoms with E-state index in [0.717, 1.165) is 40.4 Å². The van der Waals surface area contributed by atoms with Gasteiger partial charge in [-0.05, 0) is 85.4 Å². The van der Waals surface area contributed by atoms with Crippen LogP contribution in [0.4, 0.5) is 5.69 Å². The first-order valence-electron chi connectivity index (χ1n) is 15.7. The zero-order valence-corrected chi connectivity index (χ0v) is 29.2. The molecule has 1 aliphatic heterocycles. The Morgan fingerprint density at radius 1 is 0.979 bits per heavy atom. The lowest BCUT2D eigenvalue weighted by Gasteiger charge is -2.27. The number of sulfone groups is 1. The van der Waals surface area contributed by atoms with Gasteiger partial charge in [0, 0.05) is 68.8 Å². The van der Waals surface area contributed by atoms with Crippen LogP contribution in [0.5, 0.6) is 0 Å². The maximum Gasteiger partial charge on any atom is 0.224 e. The summed E-state index contributed by atoms with van der Waals surface area (Å²) < 4.78 is 24.4. The average Bonchev–Trinajstić information content (AvgIpc) is 3.54. The maximum atomic E-state index is 13.6. The standard InChI is InChI=1S/C33H42N6O5S3/c1-24-11-15-34-27(20-24)28-22-26(12-16-35-28)39-18-7-8-29(39)30(40)21-25(23-47(2,43)44)33(42)38-14-5-3-9-31(41)36-17-19-45-46-32-10-4-6-13-37-32/h4,6,10-13,15-16,20,22,25,29H,3,5,7-9,14,17-19,21,23H2,1-2H3,(H,36,41)(H,38,42). The summed E-state index contributed by atoms with van der Waals surface area (Å²) in [6.45, 7) is 3.49. The summed E-state index contributed by atoms with van der Waals surface area (Å²) >= 11 is 0. The van der Waals surface area contributed by atoms with Crippen molar-refractivity contribution >= 4 is 54.7 Å². The van der Waals surface area contributed by atoms with Crippen LogP contribution in [0.2, 0.25) is 0 Å². The van der Waals surface area contributed by atoms with Crippen LogP contribution in [0.1, 0.15) is 44.1 Å². The van der Waals surface area contributed by atoms with Gasteiger partial charge in [-0.1, -0.05) is 16.9 Å². The molecule has 0 saturated carbocycles. The van der Waals surface area contributed by atoms with E-state index in [2.05, 4.69) is 25.6 Å². The van der Waals surface area contributed by atoms with Gasteiger partial charge in [-0.2, -0.15) is 0 Å². The van der Waals surface area contributed by atoms with E-state index in [1.54, 1.807) is 40.2 Å². The Hall–Kier alpha value is -3.49. The molecule has 0 radical (unpaired) electrons. The van der Waals surface area contributed by atoms with Crippen molar-refractivity contribution in [2.75, 3.05) is 42.3 Å². The molecule has 47 heavy (non-hydrogen) atoms. The highest BCUT2D eigenvalue weighted by atomic mass is 33.1. The molecule has 0 bridgehead atoms. The second-order valence-corrected chi connectivity index (χ2v) is 16.2. The molecule has 1 fully saturated rings. The van der Waals surface area contributed by atoms with E-state index in [-0.39, 0.29) is 18.1 Å². The fourth-order valence-electron chi connectivity index (χ4n) is 5.38. The van der Waals surface area contributed by atoms with Crippen LogP contribution in [0.15, 0.2) is 66.1 Å². The van der Waals surface area contributed by atoms with E-state index in [0.29, 0.717) is 51.0 Å². The Kier molecular flexibility index (Phi) is 14.0. The summed E-state index contributed by atoms with van der Waals surface area (Å²) in [6, 6.07) is 12.9. The number of carbonyl (C=O) groups is 3. The lowest BCUT2D eigenvalue weighted by Crippen LogP contribution is -2.41. The number of pyridine rings is 3. The first-order valence-corrected chi connectivity index (χ1v) is 20.1. The second kappa shape index (κ2) is 18.2. The van der Waals surface area contributed by atoms with Gasteiger partial charge in [-0.25, -0.2) is 13.4 Å². The number of hydrogen-bond donors (Lipinski definition) is 2. The van der Waals surface area contributed by atoms with Gasteiger partial charge in [0.15, 0.2) is 5.78 Å². The fraction of sp³-hybridized carbons (Fsp3) is 0.455. The van der Waals surface area contributed by atoms with Crippen molar-refractivity contribution in [1.29, 1.82) is 0 Å². The van der Waals surface area contributed by atoms with Gasteiger partial charge in [0.1, 0.15) is 14.9 Å². The molecule has 14 heteroatoms. The molecule has 0 aromatic carbocycles. The van der Waals surface area contributed by atoms with Crippen LogP contribution in [0.25, 0.3) is 11.4 Å². The summed E-state index contributed by atoms with van der Waals surface area (Å²) in [5, 5.41) is 6.61. The van der Waals surface area contributed by atoms with Crippen molar-refractivity contribution in [3.63, 3.8) is 0 Å². The Morgan fingerprint density at radius 3 is 2.51 bits per heavy atom. The van der Waals surface area contributed by atoms with E-state index in [9.17, 15) is 22.8 Å².